The third kappa shape index (κ3) is 8.87. The van der Waals surface area contributed by atoms with Crippen molar-refractivity contribution in [1.29, 1.82) is 0 Å². The summed E-state index contributed by atoms with van der Waals surface area (Å²) in [7, 11) is 0. The van der Waals surface area contributed by atoms with Crippen molar-refractivity contribution in [3.05, 3.63) is 11.6 Å². The van der Waals surface area contributed by atoms with Crippen LogP contribution in [0, 0.1) is 50.2 Å². The maximum Gasteiger partial charge on any atom is 0.310 e. The minimum absolute atomic E-state index is 0.0208. The zero-order valence-corrected chi connectivity index (χ0v) is 43.1. The minimum Gasteiger partial charge on any atom is -0.481 e. The Bertz CT molecular complexity index is 1990. The number of carboxylic acid groups (broad SMARTS) is 1. The number of hydrogen-bond donors (Lipinski definition) is 11. The Hall–Kier alpha value is -1.51. The molecular weight excluding hydrogens is 945 g/mol. The molecule has 5 aliphatic carbocycles. The lowest BCUT2D eigenvalue weighted by Crippen LogP contribution is -2.66. The van der Waals surface area contributed by atoms with Gasteiger partial charge in [0, 0.05) is 0 Å². The quantitative estimate of drug-likeness (QED) is 0.107. The summed E-state index contributed by atoms with van der Waals surface area (Å²) < 4.78 is 47.8. The molecule has 72 heavy (non-hydrogen) atoms. The Labute approximate surface area is 421 Å². The molecule has 11 N–H and O–H groups in total. The van der Waals surface area contributed by atoms with E-state index in [2.05, 4.69) is 54.5 Å². The van der Waals surface area contributed by atoms with Gasteiger partial charge in [0.25, 0.3) is 0 Å². The Kier molecular flexibility index (Phi) is 15.2. The molecule has 0 amide bonds. The third-order valence-electron chi connectivity index (χ3n) is 20.7. The van der Waals surface area contributed by atoms with Gasteiger partial charge in [-0.15, -0.1) is 0 Å². The number of carbonyl (C=O) groups is 1. The van der Waals surface area contributed by atoms with E-state index in [1.165, 1.54) is 12.5 Å². The maximum absolute atomic E-state index is 13.2. The molecule has 412 valence electrons. The SMILES string of the molecule is C[C@@H]1O[C@@H](O[C@@H]2[C@H](O[C@H]3CC[C@]4(C)[C@H]5CC=C6[C@@H]7CC(C)(C)CC[C@]7(C(=O)O)CC[C@@]6(C)[C@]5(C)CC[C@H]4C3(C)C)OC[C@@H](O)[C@H]2O)[C@H](O)[C@H](O[C@@H]2OC[C@@H](O[C@@H]3O[C@H](CO)[C@@H](O)[C@H](O)[C@H]3O)[C@H](O)[C@H]2O)[C@H]1O. The van der Waals surface area contributed by atoms with E-state index in [4.69, 9.17) is 37.9 Å². The van der Waals surface area contributed by atoms with E-state index in [9.17, 15) is 61.0 Å². The van der Waals surface area contributed by atoms with Crippen molar-refractivity contribution in [3.63, 3.8) is 0 Å². The van der Waals surface area contributed by atoms with Gasteiger partial charge in [0.2, 0.25) is 0 Å². The standard InChI is InChI=1S/C52H84O20/c1-23-32(55)40(71-42-37(60)35(58)28(22-66-42)69-43-38(61)36(59)34(57)27(20-53)68-43)39(62)44(67-23)72-41-33(56)26(54)21-65-45(41)70-31-12-13-49(6)29(48(31,4)5)11-14-51(8)30(49)10-9-24-25-19-47(2,3)15-17-52(25,46(63)64)18-16-50(24,51)7/h9,23,25-45,53-62H,10-22H2,1-8H3,(H,63,64)/t23-,25-,26+,27+,28+,29-,30+,31-,32-,33+,34+,35-,36-,37+,38+,39+,40+,41-,42-,43-,44-,45-,49-,50+,51+,52-/m0/s1. The molecule has 4 saturated heterocycles. The molecule has 4 heterocycles. The molecule has 9 rings (SSSR count). The Balaban J connectivity index is 0.874. The molecule has 4 saturated carbocycles. The van der Waals surface area contributed by atoms with Crippen LogP contribution in [0.5, 0.6) is 0 Å². The van der Waals surface area contributed by atoms with Crippen LogP contribution in [0.15, 0.2) is 11.6 Å². The normalized spacial score (nSPS) is 54.3. The van der Waals surface area contributed by atoms with Crippen LogP contribution in [0.1, 0.15) is 120 Å². The largest absolute Gasteiger partial charge is 0.481 e. The summed E-state index contributed by atoms with van der Waals surface area (Å²) in [6.07, 6.45) is -17.4. The smallest absolute Gasteiger partial charge is 0.310 e. The molecule has 4 aliphatic heterocycles. The van der Waals surface area contributed by atoms with Gasteiger partial charge in [0.15, 0.2) is 25.2 Å². The summed E-state index contributed by atoms with van der Waals surface area (Å²) in [5.41, 5.74) is 0.0683. The molecular formula is C52H84O20. The van der Waals surface area contributed by atoms with Crippen LogP contribution in [-0.4, -0.2) is 199 Å². The molecule has 0 aromatic heterocycles. The summed E-state index contributed by atoms with van der Waals surface area (Å²) >= 11 is 0. The second-order valence-corrected chi connectivity index (χ2v) is 25.4. The van der Waals surface area contributed by atoms with Crippen molar-refractivity contribution in [2.45, 2.75) is 236 Å². The first-order valence-corrected chi connectivity index (χ1v) is 26.5. The van der Waals surface area contributed by atoms with Gasteiger partial charge in [-0.05, 0) is 116 Å². The molecule has 8 fully saturated rings. The molecule has 0 unspecified atom stereocenters. The number of aliphatic hydroxyl groups is 10. The van der Waals surface area contributed by atoms with Crippen molar-refractivity contribution in [2.75, 3.05) is 19.8 Å². The molecule has 0 spiro atoms. The molecule has 0 radical (unpaired) electrons. The monoisotopic (exact) mass is 1030 g/mol. The number of fused-ring (bicyclic) bond motifs is 7. The van der Waals surface area contributed by atoms with Crippen LogP contribution in [0.25, 0.3) is 0 Å². The molecule has 20 nitrogen and oxygen atoms in total. The van der Waals surface area contributed by atoms with E-state index >= 15 is 0 Å². The van der Waals surface area contributed by atoms with Crippen LogP contribution in [0.2, 0.25) is 0 Å². The number of rotatable bonds is 10. The van der Waals surface area contributed by atoms with E-state index < -0.39 is 141 Å². The van der Waals surface area contributed by atoms with Crippen molar-refractivity contribution in [1.82, 2.24) is 0 Å². The lowest BCUT2D eigenvalue weighted by molar-refractivity contribution is -0.382. The van der Waals surface area contributed by atoms with E-state index in [0.29, 0.717) is 25.2 Å². The number of hydrogen-bond acceptors (Lipinski definition) is 19. The Morgan fingerprint density at radius 1 is 0.639 bits per heavy atom. The maximum atomic E-state index is 13.2. The third-order valence-corrected chi connectivity index (χ3v) is 20.7. The van der Waals surface area contributed by atoms with Gasteiger partial charge in [0.05, 0.1) is 37.4 Å². The van der Waals surface area contributed by atoms with Crippen LogP contribution >= 0.6 is 0 Å². The summed E-state index contributed by atoms with van der Waals surface area (Å²) in [6, 6.07) is 0. The highest BCUT2D eigenvalue weighted by atomic mass is 16.8. The van der Waals surface area contributed by atoms with Gasteiger partial charge >= 0.3 is 5.97 Å². The fourth-order valence-electron chi connectivity index (χ4n) is 16.0. The molecule has 0 aromatic rings. The fourth-order valence-corrected chi connectivity index (χ4v) is 16.0. The Morgan fingerprint density at radius 2 is 1.29 bits per heavy atom. The highest BCUT2D eigenvalue weighted by Gasteiger charge is 2.70. The predicted octanol–water partition coefficient (Wildman–Crippen LogP) is 0.836. The number of ether oxygens (including phenoxy) is 8. The van der Waals surface area contributed by atoms with Crippen molar-refractivity contribution in [2.24, 2.45) is 50.2 Å². The van der Waals surface area contributed by atoms with Crippen LogP contribution in [-0.2, 0) is 42.7 Å². The van der Waals surface area contributed by atoms with Gasteiger partial charge in [-0.25, -0.2) is 0 Å². The topological polar surface area (TPSA) is 313 Å². The number of aliphatic carboxylic acids is 1. The second-order valence-electron chi connectivity index (χ2n) is 25.4. The zero-order valence-electron chi connectivity index (χ0n) is 43.1. The highest BCUT2D eigenvalue weighted by molar-refractivity contribution is 5.76. The fraction of sp³-hybridized carbons (Fsp3) is 0.942. The zero-order chi connectivity index (χ0) is 52.4. The summed E-state index contributed by atoms with van der Waals surface area (Å²) in [5.74, 6) is -0.0524. The van der Waals surface area contributed by atoms with Crippen molar-refractivity contribution < 1.29 is 98.9 Å². The van der Waals surface area contributed by atoms with Gasteiger partial charge < -0.3 is 94.1 Å². The first kappa shape index (κ1) is 55.3. The lowest BCUT2D eigenvalue weighted by atomic mass is 9.33. The first-order valence-electron chi connectivity index (χ1n) is 26.5. The lowest BCUT2D eigenvalue weighted by Gasteiger charge is -2.71. The van der Waals surface area contributed by atoms with Crippen LogP contribution in [0.4, 0.5) is 0 Å². The molecule has 9 aliphatic rings. The highest BCUT2D eigenvalue weighted by Crippen LogP contribution is 2.76. The second kappa shape index (κ2) is 19.7. The van der Waals surface area contributed by atoms with Gasteiger partial charge in [-0.3, -0.25) is 4.79 Å². The van der Waals surface area contributed by atoms with Gasteiger partial charge in [0.1, 0.15) is 79.4 Å². The minimum atomic E-state index is -1.86. The van der Waals surface area contributed by atoms with Gasteiger partial charge in [-0.1, -0.05) is 60.1 Å². The Morgan fingerprint density at radius 3 is 1.99 bits per heavy atom. The van der Waals surface area contributed by atoms with E-state index in [1.54, 1.807) is 0 Å². The van der Waals surface area contributed by atoms with Crippen molar-refractivity contribution >= 4 is 5.97 Å². The summed E-state index contributed by atoms with van der Waals surface area (Å²) in [5, 5.41) is 119. The van der Waals surface area contributed by atoms with E-state index in [1.807, 2.05) is 0 Å². The predicted molar refractivity (Wildman–Crippen MR) is 250 cm³/mol. The number of aliphatic hydroxyl groups excluding tert-OH is 10. The molecule has 20 heteroatoms. The number of allylic oxidation sites excluding steroid dienone is 2. The first-order chi connectivity index (χ1) is 33.7. The van der Waals surface area contributed by atoms with Crippen molar-refractivity contribution in [3.8, 4) is 0 Å². The molecule has 26 atom stereocenters. The summed E-state index contributed by atoms with van der Waals surface area (Å²) in [4.78, 5) is 13.2. The van der Waals surface area contributed by atoms with E-state index in [-0.39, 0.29) is 46.2 Å². The van der Waals surface area contributed by atoms with Crippen LogP contribution in [0.3, 0.4) is 0 Å². The summed E-state index contributed by atoms with van der Waals surface area (Å²) in [6.45, 7) is 16.4. The average molecular weight is 1030 g/mol. The average Bonchev–Trinajstić information content (AvgIpc) is 3.32. The van der Waals surface area contributed by atoms with Crippen LogP contribution < -0.4 is 0 Å². The number of carboxylic acids is 1. The molecule has 0 bridgehead atoms. The molecule has 0 aromatic carbocycles. The van der Waals surface area contributed by atoms with E-state index in [0.717, 1.165) is 44.9 Å². The van der Waals surface area contributed by atoms with Gasteiger partial charge in [-0.2, -0.15) is 0 Å².